The molecule has 0 aliphatic carbocycles. The lowest BCUT2D eigenvalue weighted by atomic mass is 10.1. The average Bonchev–Trinajstić information content (AvgIpc) is 3.32. The lowest BCUT2D eigenvalue weighted by Crippen LogP contribution is -2.63. The molecule has 0 amide bonds. The maximum absolute atomic E-state index is 12.2. The van der Waals surface area contributed by atoms with Crippen molar-refractivity contribution in [3.05, 3.63) is 36.4 Å². The van der Waals surface area contributed by atoms with Crippen LogP contribution in [0.3, 0.4) is 0 Å². The van der Waals surface area contributed by atoms with Gasteiger partial charge >= 0.3 is 29.4 Å². The zero-order valence-corrected chi connectivity index (χ0v) is 20.1. The Morgan fingerprint density at radius 1 is 0.865 bits per heavy atom. The number of halogens is 9. The van der Waals surface area contributed by atoms with Crippen LogP contribution < -0.4 is 4.74 Å². The molecule has 0 saturated carbocycles. The first-order valence-corrected chi connectivity index (χ1v) is 12.9. The van der Waals surface area contributed by atoms with Gasteiger partial charge in [-0.2, -0.15) is 39.5 Å². The second kappa shape index (κ2) is 10.8. The molecule has 6 nitrogen and oxygen atoms in total. The lowest BCUT2D eigenvalue weighted by molar-refractivity contribution is -0.382. The number of benzene rings is 2. The van der Waals surface area contributed by atoms with Crippen molar-refractivity contribution in [1.82, 2.24) is 0 Å². The van der Waals surface area contributed by atoms with Crippen molar-refractivity contribution >= 4 is 37.9 Å². The van der Waals surface area contributed by atoms with E-state index in [-0.39, 0.29) is 0 Å². The summed E-state index contributed by atoms with van der Waals surface area (Å²) in [6, 6.07) is 12.1. The van der Waals surface area contributed by atoms with Crippen LogP contribution >= 0.6 is 0 Å². The zero-order chi connectivity index (χ0) is 28.4. The Kier molecular flexibility index (Phi) is 8.97. The van der Waals surface area contributed by atoms with Crippen LogP contribution in [-0.4, -0.2) is 61.0 Å². The summed E-state index contributed by atoms with van der Waals surface area (Å²) in [6.07, 6.45) is -5.20. The Morgan fingerprint density at radius 3 is 1.84 bits per heavy atom. The highest BCUT2D eigenvalue weighted by molar-refractivity contribution is 7.97. The molecule has 3 rings (SSSR count). The molecule has 208 valence electrons. The minimum absolute atomic E-state index is 0.340. The second-order valence-electron chi connectivity index (χ2n) is 7.39. The molecule has 37 heavy (non-hydrogen) atoms. The molecule has 2 aromatic carbocycles. The summed E-state index contributed by atoms with van der Waals surface area (Å²) < 4.78 is 145. The molecule has 1 saturated heterocycles. The molecule has 0 atom stereocenters. The Balaban J connectivity index is 0.000000265. The molecular formula is C20H17F9O6S2. The van der Waals surface area contributed by atoms with Crippen molar-refractivity contribution in [3.8, 4) is 5.75 Å². The summed E-state index contributed by atoms with van der Waals surface area (Å²) in [5.41, 5.74) is 0. The highest BCUT2D eigenvalue weighted by atomic mass is 32.2. The van der Waals surface area contributed by atoms with Gasteiger partial charge in [0.15, 0.2) is 15.0 Å². The molecule has 1 fully saturated rings. The van der Waals surface area contributed by atoms with Crippen LogP contribution in [0.4, 0.5) is 44.3 Å². The van der Waals surface area contributed by atoms with E-state index in [0.717, 1.165) is 5.39 Å². The number of methoxy groups -OCH3 is 1. The van der Waals surface area contributed by atoms with E-state index in [4.69, 9.17) is 4.74 Å². The second-order valence-corrected chi connectivity index (χ2v) is 11.1. The van der Waals surface area contributed by atoms with E-state index in [0.29, 0.717) is 16.6 Å². The van der Waals surface area contributed by atoms with E-state index in [2.05, 4.69) is 16.9 Å². The SMILES string of the molecule is COC(=O)Oc1ccc([S+]2CCCC2)c2ccccc12.O=S(=O)([O-])C(F)(F)C(F)(F)C(F)(F)C(F)(F)F. The Morgan fingerprint density at radius 2 is 1.38 bits per heavy atom. The van der Waals surface area contributed by atoms with Crippen molar-refractivity contribution < 1.29 is 66.8 Å². The fraction of sp³-hybridized carbons (Fsp3) is 0.450. The van der Waals surface area contributed by atoms with Crippen molar-refractivity contribution in [1.29, 1.82) is 0 Å². The van der Waals surface area contributed by atoms with Gasteiger partial charge in [0, 0.05) is 21.7 Å². The van der Waals surface area contributed by atoms with E-state index in [1.807, 2.05) is 24.3 Å². The van der Waals surface area contributed by atoms with Gasteiger partial charge in [-0.3, -0.25) is 0 Å². The Hall–Kier alpha value is -2.40. The first-order valence-electron chi connectivity index (χ1n) is 9.90. The topological polar surface area (TPSA) is 92.7 Å². The molecular weight excluding hydrogens is 571 g/mol. The maximum atomic E-state index is 12.2. The minimum atomic E-state index is -7.43. The minimum Gasteiger partial charge on any atom is -0.743 e. The van der Waals surface area contributed by atoms with E-state index in [9.17, 15) is 57.3 Å². The van der Waals surface area contributed by atoms with Gasteiger partial charge < -0.3 is 14.0 Å². The molecule has 1 heterocycles. The predicted octanol–water partition coefficient (Wildman–Crippen LogP) is 5.71. The van der Waals surface area contributed by atoms with Gasteiger partial charge in [-0.1, -0.05) is 18.2 Å². The van der Waals surface area contributed by atoms with Gasteiger partial charge in [0.05, 0.1) is 7.11 Å². The van der Waals surface area contributed by atoms with Crippen LogP contribution in [0.2, 0.25) is 0 Å². The fourth-order valence-electron chi connectivity index (χ4n) is 3.11. The van der Waals surface area contributed by atoms with Gasteiger partial charge in [0.1, 0.15) is 17.3 Å². The molecule has 17 heteroatoms. The molecule has 1 aliphatic rings. The summed E-state index contributed by atoms with van der Waals surface area (Å²) in [6.45, 7) is 0. The summed E-state index contributed by atoms with van der Waals surface area (Å²) in [4.78, 5) is 12.7. The van der Waals surface area contributed by atoms with Crippen molar-refractivity contribution in [2.45, 2.75) is 41.0 Å². The summed E-state index contributed by atoms with van der Waals surface area (Å²) in [5, 5.41) is -4.94. The van der Waals surface area contributed by atoms with E-state index in [1.54, 1.807) is 0 Å². The standard InChI is InChI=1S/C16H17O3S.C4HF9O3S/c1-18-16(17)19-14-8-9-15(20-10-4-5-11-20)13-7-3-2-6-12(13)14;5-1(6,3(9,10)11)2(7,8)4(12,13)17(14,15)16/h2-3,6-9H,4-5,10-11H2,1H3;(H,14,15,16)/q+1;/p-1. The Bertz CT molecular complexity index is 1230. The lowest BCUT2D eigenvalue weighted by Gasteiger charge is -2.34. The first-order chi connectivity index (χ1) is 16.8. The predicted molar refractivity (Wildman–Crippen MR) is 112 cm³/mol. The number of alkyl halides is 9. The van der Waals surface area contributed by atoms with Gasteiger partial charge in [0.25, 0.3) is 0 Å². The number of ether oxygens (including phenoxy) is 2. The van der Waals surface area contributed by atoms with E-state index < -0.39 is 39.5 Å². The van der Waals surface area contributed by atoms with Crippen LogP contribution in [0.15, 0.2) is 41.3 Å². The third-order valence-electron chi connectivity index (χ3n) is 4.98. The Labute approximate surface area is 206 Å². The fourth-order valence-corrected chi connectivity index (χ4v) is 6.05. The first kappa shape index (κ1) is 30.8. The van der Waals surface area contributed by atoms with Crippen LogP contribution in [0.25, 0.3) is 10.8 Å². The summed E-state index contributed by atoms with van der Waals surface area (Å²) >= 11 is 0. The van der Waals surface area contributed by atoms with Gasteiger partial charge in [-0.15, -0.1) is 0 Å². The third kappa shape index (κ3) is 6.03. The summed E-state index contributed by atoms with van der Waals surface area (Å²) in [5.74, 6) is -11.7. The highest BCUT2D eigenvalue weighted by Gasteiger charge is 2.83. The highest BCUT2D eigenvalue weighted by Crippen LogP contribution is 2.54. The molecule has 0 N–H and O–H groups in total. The molecule has 0 unspecified atom stereocenters. The molecule has 0 bridgehead atoms. The molecule has 1 aliphatic heterocycles. The largest absolute Gasteiger partial charge is 0.743 e. The third-order valence-corrected chi connectivity index (χ3v) is 8.40. The van der Waals surface area contributed by atoms with Gasteiger partial charge in [0.2, 0.25) is 0 Å². The molecule has 2 aromatic rings. The molecule has 0 aromatic heterocycles. The van der Waals surface area contributed by atoms with Crippen LogP contribution in [0, 0.1) is 0 Å². The number of fused-ring (bicyclic) bond motifs is 1. The number of rotatable bonds is 5. The quantitative estimate of drug-likeness (QED) is 0.146. The van der Waals surface area contributed by atoms with Crippen molar-refractivity contribution in [2.75, 3.05) is 18.6 Å². The number of hydrogen-bond acceptors (Lipinski definition) is 6. The van der Waals surface area contributed by atoms with E-state index in [1.165, 1.54) is 41.7 Å². The van der Waals surface area contributed by atoms with E-state index >= 15 is 0 Å². The smallest absolute Gasteiger partial charge is 0.513 e. The maximum Gasteiger partial charge on any atom is 0.513 e. The zero-order valence-electron chi connectivity index (χ0n) is 18.5. The number of carbonyl (C=O) groups is 1. The average molecular weight is 588 g/mol. The van der Waals surface area contributed by atoms with Gasteiger partial charge in [-0.05, 0) is 31.0 Å². The summed E-state index contributed by atoms with van der Waals surface area (Å²) in [7, 11) is -5.76. The monoisotopic (exact) mass is 588 g/mol. The number of carbonyl (C=O) groups excluding carboxylic acids is 1. The van der Waals surface area contributed by atoms with Crippen LogP contribution in [0.1, 0.15) is 12.8 Å². The van der Waals surface area contributed by atoms with Gasteiger partial charge in [-0.25, -0.2) is 13.2 Å². The van der Waals surface area contributed by atoms with Crippen LogP contribution in [-0.2, 0) is 25.7 Å². The molecule has 0 radical (unpaired) electrons. The van der Waals surface area contributed by atoms with Crippen molar-refractivity contribution in [3.63, 3.8) is 0 Å². The van der Waals surface area contributed by atoms with Crippen LogP contribution in [0.5, 0.6) is 5.75 Å². The molecule has 0 spiro atoms. The van der Waals surface area contributed by atoms with Crippen molar-refractivity contribution in [2.24, 2.45) is 0 Å². The number of hydrogen-bond donors (Lipinski definition) is 0. The normalized spacial score (nSPS) is 15.8.